The zero-order valence-electron chi connectivity index (χ0n) is 82.5. The third kappa shape index (κ3) is 21.1. The number of rotatable bonds is 24. The second-order valence-corrected chi connectivity index (χ2v) is 40.4. The van der Waals surface area contributed by atoms with Crippen LogP contribution in [0.5, 0.6) is 11.5 Å². The minimum atomic E-state index is -1.08. The largest absolute Gasteiger partial charge is 0.601 e. The van der Waals surface area contributed by atoms with Crippen LogP contribution in [0.2, 0.25) is 5.82 Å². The Labute approximate surface area is 827 Å². The lowest BCUT2D eigenvalue weighted by Crippen LogP contribution is -2.42. The van der Waals surface area contributed by atoms with Gasteiger partial charge in [0.1, 0.15) is 106 Å². The van der Waals surface area contributed by atoms with Crippen molar-refractivity contribution in [1.82, 2.24) is 0 Å². The summed E-state index contributed by atoms with van der Waals surface area (Å²) in [6, 6.07) is 52.0. The van der Waals surface area contributed by atoms with Gasteiger partial charge < -0.3 is 147 Å². The van der Waals surface area contributed by atoms with Crippen LogP contribution in [0, 0.1) is 29.6 Å². The first-order chi connectivity index (χ1) is 68.3. The zero-order chi connectivity index (χ0) is 101. The molecule has 0 aromatic heterocycles. The lowest BCUT2D eigenvalue weighted by Gasteiger charge is -2.24. The van der Waals surface area contributed by atoms with Gasteiger partial charge in [-0.25, -0.2) is 24.0 Å². The summed E-state index contributed by atoms with van der Waals surface area (Å²) in [7, 11) is 8.90. The molecule has 6 unspecified atom stereocenters. The summed E-state index contributed by atoms with van der Waals surface area (Å²) in [4.78, 5) is 83.2. The maximum atomic E-state index is 12.1. The molecule has 16 fully saturated rings. The van der Waals surface area contributed by atoms with E-state index >= 15 is 0 Å². The molecular formula is C104H125BO38. The monoisotopic (exact) mass is 1990 g/mol. The van der Waals surface area contributed by atoms with Crippen molar-refractivity contribution < 1.29 is 181 Å². The van der Waals surface area contributed by atoms with Crippen LogP contribution in [0.1, 0.15) is 160 Å². The summed E-state index contributed by atoms with van der Waals surface area (Å²) in [5.74, 6) is -3.87. The first-order valence-electron chi connectivity index (χ1n) is 48.2. The summed E-state index contributed by atoms with van der Waals surface area (Å²) in [6.07, 6.45) is -4.86. The van der Waals surface area contributed by atoms with Crippen molar-refractivity contribution >= 4 is 48.9 Å². The van der Waals surface area contributed by atoms with Gasteiger partial charge in [-0.05, 0) is 167 Å². The number of esters is 7. The quantitative estimate of drug-likeness (QED) is 0.0323. The summed E-state index contributed by atoms with van der Waals surface area (Å²) >= 11 is 0. The first kappa shape index (κ1) is 103. The van der Waals surface area contributed by atoms with Gasteiger partial charge in [0, 0.05) is 86.1 Å². The molecule has 39 heteroatoms. The molecule has 6 aliphatic carbocycles. The molecule has 6 aromatic carbocycles. The normalized spacial score (nSPS) is 37.9. The van der Waals surface area contributed by atoms with E-state index in [1.54, 1.807) is 113 Å². The second kappa shape index (κ2) is 40.9. The molecule has 23 rings (SSSR count). The van der Waals surface area contributed by atoms with Crippen LogP contribution in [0.15, 0.2) is 176 Å². The molecule has 17 aliphatic rings. The van der Waals surface area contributed by atoms with E-state index in [0.29, 0.717) is 60.5 Å². The Bertz CT molecular complexity index is 5210. The van der Waals surface area contributed by atoms with Crippen molar-refractivity contribution in [3.8, 4) is 11.5 Å². The average Bonchev–Trinajstić information content (AvgIpc) is 1.49. The number of methoxy groups -OCH3 is 6. The van der Waals surface area contributed by atoms with E-state index < -0.39 is 143 Å². The molecule has 6 aromatic rings. The maximum Gasteiger partial charge on any atom is 0.601 e. The van der Waals surface area contributed by atoms with E-state index in [4.69, 9.17) is 137 Å². The van der Waals surface area contributed by atoms with Crippen molar-refractivity contribution in [2.24, 2.45) is 29.6 Å². The smallest absolute Gasteiger partial charge is 0.523 e. The molecule has 6 spiro atoms. The van der Waals surface area contributed by atoms with Crippen molar-refractivity contribution in [3.63, 3.8) is 0 Å². The number of hydrogen-bond donors (Lipinski definition) is 2. The van der Waals surface area contributed by atoms with E-state index in [0.717, 1.165) is 37.2 Å². The lowest BCUT2D eigenvalue weighted by molar-refractivity contribution is -0.235. The fourth-order valence-electron chi connectivity index (χ4n) is 21.6. The number of aliphatic hydroxyl groups is 2. The molecule has 30 atom stereocenters. The SMILES string of the molecule is CO[C@@H]1O[C@@]2(C[C@@H]2COC(=O)c2ccccc2)C2OC(C)(C)O[C@@H]21.CO[C@@H]1O[C@@]2(C[C@H]2B2Oc3ccccc3O2)C2OC(C)(C)O[C@@H]21.CO[C@@H]1O[C@@]2(C[C@H]2COC(=O)c2ccccc2)C(O)[C@@H]1O.CO[C@@H]1O[C@@]2(C[C@H]2COC(=O)c2ccccc2)C(OC(C)=O)[C@@H]1OC(C)=O.CO[C@@H]1O[C@]2(C[C@@H]2COC(=O)c2ccccc2)C2OC(C)(C)O[C@@H]21.CO[C@@H]1O[C@]2(C[C@H]2COC(=O)c2ccccc2)C2OC(C)(C)O[C@@H]21. The van der Waals surface area contributed by atoms with Crippen LogP contribution in [0.25, 0.3) is 0 Å². The molecule has 0 bridgehead atoms. The van der Waals surface area contributed by atoms with E-state index in [1.165, 1.54) is 28.1 Å². The Hall–Kier alpha value is -9.61. The molecule has 0 amide bonds. The van der Waals surface area contributed by atoms with Crippen molar-refractivity contribution in [1.29, 1.82) is 0 Å². The van der Waals surface area contributed by atoms with Gasteiger partial charge >= 0.3 is 48.9 Å². The minimum absolute atomic E-state index is 0.0920. The Morgan fingerprint density at radius 3 is 0.846 bits per heavy atom. The molecule has 10 saturated heterocycles. The highest BCUT2D eigenvalue weighted by Crippen LogP contribution is 2.68. The summed E-state index contributed by atoms with van der Waals surface area (Å²) in [6.45, 7) is 18.8. The average molecular weight is 1990 g/mol. The Balaban J connectivity index is 0.000000113. The highest BCUT2D eigenvalue weighted by atomic mass is 16.8. The number of aliphatic hydroxyl groups excluding tert-OH is 2. The maximum absolute atomic E-state index is 12.1. The highest BCUT2D eigenvalue weighted by Gasteiger charge is 2.81. The van der Waals surface area contributed by atoms with Crippen LogP contribution in [-0.4, -0.2) is 303 Å². The van der Waals surface area contributed by atoms with Crippen molar-refractivity contribution in [2.45, 2.75) is 281 Å². The number of benzene rings is 6. The van der Waals surface area contributed by atoms with Crippen LogP contribution in [0.3, 0.4) is 0 Å². The minimum Gasteiger partial charge on any atom is -0.523 e. The molecular weight excluding hydrogens is 1870 g/mol. The predicted octanol–water partition coefficient (Wildman–Crippen LogP) is 10.2. The van der Waals surface area contributed by atoms with Gasteiger partial charge in [-0.3, -0.25) is 9.59 Å². The van der Waals surface area contributed by atoms with Crippen LogP contribution >= 0.6 is 0 Å². The number of fused-ring (bicyclic) bond motifs is 9. The Morgan fingerprint density at radius 1 is 0.301 bits per heavy atom. The van der Waals surface area contributed by atoms with Gasteiger partial charge in [0.05, 0.1) is 66.7 Å². The molecule has 0 radical (unpaired) electrons. The van der Waals surface area contributed by atoms with Crippen molar-refractivity contribution in [3.05, 3.63) is 204 Å². The lowest BCUT2D eigenvalue weighted by atomic mass is 9.79. The number of ether oxygens (including phenoxy) is 27. The van der Waals surface area contributed by atoms with Crippen LogP contribution in [0.4, 0.5) is 0 Å². The molecule has 11 heterocycles. The Kier molecular flexibility index (Phi) is 29.6. The fraction of sp³-hybridized carbons (Fsp3) is 0.587. The standard InChI is InChI=1S/C19H22O8.3C18H22O6.C16H19BO6.C15H18O6/c1-11(20)25-15-16(26-12(2)21)19(27-18(15)23-3)9-14(19)10-24-17(22)13-7-5-4-6-8-13;3*1-17(2)22-13-14(23-17)18(24-16(13)20-3)9-12(18)10-21-15(19)11-7-5-4-6-8-11;1-15(2)19-12-13(20-15)16(21-14(12)18-3)8-11(16)17-22-9-6-4-5-7-10(9)23-17;1-19-14-11(16)12(17)15(21-14)7-10(15)8-20-13(18)9-5-3-2-4-6-9/h4-8,14-16,18H,9-10H2,1-3H3;3*4-8,12-14,16H,9-10H2,1-3H3;4-7,11-14H,8H2,1-3H3;2-6,10-12,14,16-17H,7-8H2,1H3/t14-,15-,16?,18+,19+;12-,13+,14?,16-,18+;12-,13+,14?,16-,18-;12-,13-,14?,16+,18-;11-,12+,13?,14-,16-;10-,11-,12?,14+,15+/m011010/s1. The molecule has 2 N–H and O–H groups in total. The first-order valence-corrected chi connectivity index (χ1v) is 48.2. The van der Waals surface area contributed by atoms with Gasteiger partial charge in [-0.2, -0.15) is 0 Å². The van der Waals surface area contributed by atoms with E-state index in [9.17, 15) is 43.8 Å². The highest BCUT2D eigenvalue weighted by molar-refractivity contribution is 6.51. The number of carbonyl (C=O) groups excluding carboxylic acids is 7. The van der Waals surface area contributed by atoms with Crippen molar-refractivity contribution in [2.75, 3.05) is 75.7 Å². The summed E-state index contributed by atoms with van der Waals surface area (Å²) in [5.41, 5.74) is -1.05. The van der Waals surface area contributed by atoms with Gasteiger partial charge in [-0.1, -0.05) is 103 Å². The molecule has 6 saturated carbocycles. The molecule has 772 valence electrons. The third-order valence-electron chi connectivity index (χ3n) is 28.9. The molecule has 143 heavy (non-hydrogen) atoms. The van der Waals surface area contributed by atoms with E-state index in [1.807, 2.05) is 146 Å². The van der Waals surface area contributed by atoms with E-state index in [-0.39, 0.29) is 122 Å². The fourth-order valence-corrected chi connectivity index (χ4v) is 21.6. The van der Waals surface area contributed by atoms with Crippen LogP contribution in [-0.2, 0) is 137 Å². The van der Waals surface area contributed by atoms with Gasteiger partial charge in [0.25, 0.3) is 0 Å². The predicted molar refractivity (Wildman–Crippen MR) is 492 cm³/mol. The van der Waals surface area contributed by atoms with Crippen LogP contribution < -0.4 is 9.31 Å². The number of carbonyl (C=O) groups is 7. The molecule has 11 aliphatic heterocycles. The van der Waals surface area contributed by atoms with Gasteiger partial charge in [0.15, 0.2) is 73.1 Å². The third-order valence-corrected chi connectivity index (χ3v) is 28.9. The zero-order valence-corrected chi connectivity index (χ0v) is 82.5. The Morgan fingerprint density at radius 2 is 0.552 bits per heavy atom. The van der Waals surface area contributed by atoms with E-state index in [2.05, 4.69) is 0 Å². The summed E-state index contributed by atoms with van der Waals surface area (Å²) in [5, 5.41) is 19.8. The topological polar surface area (TPSA) is 428 Å². The summed E-state index contributed by atoms with van der Waals surface area (Å²) < 4.78 is 165. The van der Waals surface area contributed by atoms with Gasteiger partial charge in [0.2, 0.25) is 0 Å². The van der Waals surface area contributed by atoms with Gasteiger partial charge in [-0.15, -0.1) is 0 Å². The number of para-hydroxylation sites is 2. The second-order valence-electron chi connectivity index (χ2n) is 40.4. The molecule has 38 nitrogen and oxygen atoms in total. The number of hydrogen-bond acceptors (Lipinski definition) is 38.